The average molecular weight is 266 g/mol. The summed E-state index contributed by atoms with van der Waals surface area (Å²) in [7, 11) is 1.89. The van der Waals surface area contributed by atoms with E-state index in [2.05, 4.69) is 5.32 Å². The first-order valence-electron chi connectivity index (χ1n) is 6.50. The Morgan fingerprint density at radius 3 is 2.84 bits per heavy atom. The first-order chi connectivity index (χ1) is 9.08. The average Bonchev–Trinajstić information content (AvgIpc) is 2.42. The molecule has 1 aliphatic rings. The van der Waals surface area contributed by atoms with Gasteiger partial charge in [-0.2, -0.15) is 0 Å². The minimum Gasteiger partial charge on any atom is -0.507 e. The van der Waals surface area contributed by atoms with Gasteiger partial charge >= 0.3 is 0 Å². The van der Waals surface area contributed by atoms with E-state index in [-0.39, 0.29) is 23.6 Å². The number of benzene rings is 1. The number of halogens is 1. The molecule has 0 unspecified atom stereocenters. The van der Waals surface area contributed by atoms with E-state index in [1.54, 1.807) is 0 Å². The lowest BCUT2D eigenvalue weighted by atomic mass is 10.0. The lowest BCUT2D eigenvalue weighted by Gasteiger charge is -2.31. The van der Waals surface area contributed by atoms with E-state index in [9.17, 15) is 14.3 Å². The predicted octanol–water partition coefficient (Wildman–Crippen LogP) is 1.40. The molecule has 0 saturated carbocycles. The fraction of sp³-hybridized carbons (Fsp3) is 0.500. The number of likely N-dealkylation sites (N-methyl/N-ethyl adjacent to an activating group) is 1. The highest BCUT2D eigenvalue weighted by atomic mass is 19.1. The maximum absolute atomic E-state index is 13.1. The molecule has 2 rings (SSSR count). The molecule has 0 bridgehead atoms. The summed E-state index contributed by atoms with van der Waals surface area (Å²) in [4.78, 5) is 14.1. The highest BCUT2D eigenvalue weighted by Gasteiger charge is 2.21. The number of ketones is 1. The Balaban J connectivity index is 2.01. The van der Waals surface area contributed by atoms with Gasteiger partial charge in [-0.3, -0.25) is 9.69 Å². The third kappa shape index (κ3) is 3.52. The molecule has 1 aromatic carbocycles. The van der Waals surface area contributed by atoms with Crippen molar-refractivity contribution in [2.45, 2.75) is 18.9 Å². The second-order valence-corrected chi connectivity index (χ2v) is 4.98. The molecule has 1 saturated heterocycles. The van der Waals surface area contributed by atoms with Crippen LogP contribution in [0.4, 0.5) is 4.39 Å². The van der Waals surface area contributed by atoms with E-state index in [4.69, 9.17) is 0 Å². The maximum Gasteiger partial charge on any atom is 0.180 e. The number of aromatic hydroxyl groups is 1. The summed E-state index contributed by atoms with van der Waals surface area (Å²) in [5.74, 6) is -0.922. The van der Waals surface area contributed by atoms with Crippen molar-refractivity contribution >= 4 is 5.78 Å². The van der Waals surface area contributed by atoms with Crippen molar-refractivity contribution in [1.29, 1.82) is 0 Å². The monoisotopic (exact) mass is 266 g/mol. The van der Waals surface area contributed by atoms with Crippen molar-refractivity contribution < 1.29 is 14.3 Å². The molecule has 0 aromatic heterocycles. The Morgan fingerprint density at radius 1 is 1.47 bits per heavy atom. The van der Waals surface area contributed by atoms with Gasteiger partial charge < -0.3 is 10.4 Å². The van der Waals surface area contributed by atoms with Gasteiger partial charge in [-0.25, -0.2) is 4.39 Å². The zero-order valence-electron chi connectivity index (χ0n) is 11.0. The number of carbonyl (C=O) groups is 1. The summed E-state index contributed by atoms with van der Waals surface area (Å²) in [6, 6.07) is 3.81. The van der Waals surface area contributed by atoms with E-state index in [0.29, 0.717) is 6.04 Å². The Hall–Kier alpha value is -1.46. The molecular formula is C14H19FN2O2. The van der Waals surface area contributed by atoms with Crippen LogP contribution in [-0.4, -0.2) is 48.5 Å². The maximum atomic E-state index is 13.1. The van der Waals surface area contributed by atoms with Gasteiger partial charge in [0.05, 0.1) is 12.1 Å². The van der Waals surface area contributed by atoms with Crippen LogP contribution in [0.2, 0.25) is 0 Å². The number of nitrogens with one attached hydrogen (secondary N) is 1. The van der Waals surface area contributed by atoms with Crippen LogP contribution in [0.5, 0.6) is 5.75 Å². The van der Waals surface area contributed by atoms with Crippen LogP contribution in [0.25, 0.3) is 0 Å². The molecule has 104 valence electrons. The highest BCUT2D eigenvalue weighted by Crippen LogP contribution is 2.19. The van der Waals surface area contributed by atoms with Gasteiger partial charge in [-0.05, 0) is 51.2 Å². The quantitative estimate of drug-likeness (QED) is 0.809. The Labute approximate surface area is 112 Å². The molecule has 2 N–H and O–H groups in total. The van der Waals surface area contributed by atoms with Gasteiger partial charge in [0.25, 0.3) is 0 Å². The van der Waals surface area contributed by atoms with Gasteiger partial charge in [0.1, 0.15) is 11.6 Å². The minimum atomic E-state index is -0.509. The minimum absolute atomic E-state index is 0.0563. The standard InChI is InChI=1S/C14H19FN2O2/c1-17(11-4-6-16-7-5-11)9-14(19)12-8-10(15)2-3-13(12)18/h2-3,8,11,16,18H,4-7,9H2,1H3. The number of phenolic OH excluding ortho intramolecular Hbond substituents is 1. The Morgan fingerprint density at radius 2 is 2.16 bits per heavy atom. The molecule has 1 heterocycles. The lowest BCUT2D eigenvalue weighted by molar-refractivity contribution is 0.0900. The van der Waals surface area contributed by atoms with Gasteiger partial charge in [-0.15, -0.1) is 0 Å². The second-order valence-electron chi connectivity index (χ2n) is 4.98. The van der Waals surface area contributed by atoms with Crippen molar-refractivity contribution in [2.24, 2.45) is 0 Å². The molecule has 19 heavy (non-hydrogen) atoms. The number of rotatable bonds is 4. The molecule has 0 radical (unpaired) electrons. The Kier molecular flexibility index (Phi) is 4.50. The van der Waals surface area contributed by atoms with Gasteiger partial charge in [0.15, 0.2) is 5.78 Å². The van der Waals surface area contributed by atoms with Crippen LogP contribution in [0.3, 0.4) is 0 Å². The van der Waals surface area contributed by atoms with Crippen molar-refractivity contribution in [1.82, 2.24) is 10.2 Å². The zero-order chi connectivity index (χ0) is 13.8. The van der Waals surface area contributed by atoms with Crippen LogP contribution in [0, 0.1) is 5.82 Å². The van der Waals surface area contributed by atoms with Gasteiger partial charge in [-0.1, -0.05) is 0 Å². The topological polar surface area (TPSA) is 52.6 Å². The fourth-order valence-electron chi connectivity index (χ4n) is 2.42. The number of phenols is 1. The van der Waals surface area contributed by atoms with Crippen molar-refractivity contribution in [3.8, 4) is 5.75 Å². The molecule has 0 spiro atoms. The summed E-state index contributed by atoms with van der Waals surface area (Å²) >= 11 is 0. The molecule has 1 aromatic rings. The van der Waals surface area contributed by atoms with E-state index in [1.165, 1.54) is 6.07 Å². The van der Waals surface area contributed by atoms with Crippen LogP contribution >= 0.6 is 0 Å². The molecule has 1 fully saturated rings. The number of Topliss-reactive ketones (excluding diaryl/α,β-unsaturated/α-hetero) is 1. The molecule has 1 aliphatic heterocycles. The van der Waals surface area contributed by atoms with Gasteiger partial charge in [0.2, 0.25) is 0 Å². The largest absolute Gasteiger partial charge is 0.507 e. The number of carbonyl (C=O) groups excluding carboxylic acids is 1. The summed E-state index contributed by atoms with van der Waals surface area (Å²) < 4.78 is 13.1. The smallest absolute Gasteiger partial charge is 0.180 e. The lowest BCUT2D eigenvalue weighted by Crippen LogP contribution is -2.43. The number of hydrogen-bond donors (Lipinski definition) is 2. The first-order valence-corrected chi connectivity index (χ1v) is 6.50. The normalized spacial score (nSPS) is 16.8. The third-order valence-electron chi connectivity index (χ3n) is 3.58. The van der Waals surface area contributed by atoms with Crippen LogP contribution < -0.4 is 5.32 Å². The summed E-state index contributed by atoms with van der Waals surface area (Å²) in [5.41, 5.74) is 0.0563. The predicted molar refractivity (Wildman–Crippen MR) is 70.9 cm³/mol. The van der Waals surface area contributed by atoms with Crippen molar-refractivity contribution in [3.63, 3.8) is 0 Å². The molecule has 0 atom stereocenters. The van der Waals surface area contributed by atoms with Crippen molar-refractivity contribution in [3.05, 3.63) is 29.6 Å². The third-order valence-corrected chi connectivity index (χ3v) is 3.58. The first kappa shape index (κ1) is 14.0. The fourth-order valence-corrected chi connectivity index (χ4v) is 2.42. The van der Waals surface area contributed by atoms with Gasteiger partial charge in [0, 0.05) is 6.04 Å². The molecule has 4 nitrogen and oxygen atoms in total. The summed E-state index contributed by atoms with van der Waals surface area (Å²) in [6.07, 6.45) is 2.00. The number of nitrogens with zero attached hydrogens (tertiary/aromatic N) is 1. The number of piperidine rings is 1. The molecule has 0 amide bonds. The Bertz CT molecular complexity index is 459. The summed E-state index contributed by atoms with van der Waals surface area (Å²) in [5, 5.41) is 12.9. The van der Waals surface area contributed by atoms with E-state index < -0.39 is 5.82 Å². The van der Waals surface area contributed by atoms with Crippen molar-refractivity contribution in [2.75, 3.05) is 26.7 Å². The second kappa shape index (κ2) is 6.12. The zero-order valence-corrected chi connectivity index (χ0v) is 11.0. The SMILES string of the molecule is CN(CC(=O)c1cc(F)ccc1O)C1CCNCC1. The van der Waals surface area contributed by atoms with E-state index in [1.807, 2.05) is 11.9 Å². The molecular weight excluding hydrogens is 247 g/mol. The summed E-state index contributed by atoms with van der Waals surface area (Å²) in [6.45, 7) is 2.10. The van der Waals surface area contributed by atoms with Crippen LogP contribution in [-0.2, 0) is 0 Å². The number of hydrogen-bond acceptors (Lipinski definition) is 4. The van der Waals surface area contributed by atoms with Crippen LogP contribution in [0.1, 0.15) is 23.2 Å². The molecule has 0 aliphatic carbocycles. The van der Waals surface area contributed by atoms with Crippen LogP contribution in [0.15, 0.2) is 18.2 Å². The van der Waals surface area contributed by atoms with E-state index >= 15 is 0 Å². The molecule has 5 heteroatoms. The van der Waals surface area contributed by atoms with E-state index in [0.717, 1.165) is 38.1 Å². The highest BCUT2D eigenvalue weighted by molar-refractivity contribution is 6.00.